The lowest BCUT2D eigenvalue weighted by molar-refractivity contribution is 0.108. The maximum atomic E-state index is 9.55. The smallest absolute Gasteiger partial charge is 0.115 e. The first-order chi connectivity index (χ1) is 8.45. The van der Waals surface area contributed by atoms with Crippen molar-refractivity contribution in [3.05, 3.63) is 29.8 Å². The number of benzene rings is 1. The summed E-state index contributed by atoms with van der Waals surface area (Å²) in [5, 5.41) is 9.55. The van der Waals surface area contributed by atoms with Crippen molar-refractivity contribution >= 4 is 0 Å². The number of rotatable bonds is 3. The van der Waals surface area contributed by atoms with Gasteiger partial charge in [0.25, 0.3) is 0 Å². The molecule has 1 aromatic carbocycles. The van der Waals surface area contributed by atoms with Crippen LogP contribution in [0.1, 0.15) is 45.1 Å². The Balaban J connectivity index is 2.10. The number of nitrogens with two attached hydrogens (primary N) is 1. The van der Waals surface area contributed by atoms with Crippen LogP contribution in [-0.4, -0.2) is 11.7 Å². The normalized spacial score (nSPS) is 21.7. The number of hydrogen-bond donors (Lipinski definition) is 2. The lowest BCUT2D eigenvalue weighted by Crippen LogP contribution is -2.38. The van der Waals surface area contributed by atoms with Crippen LogP contribution in [0, 0.1) is 10.8 Å². The van der Waals surface area contributed by atoms with Crippen molar-refractivity contribution in [3.63, 3.8) is 0 Å². The van der Waals surface area contributed by atoms with Gasteiger partial charge in [-0.15, -0.1) is 0 Å². The summed E-state index contributed by atoms with van der Waals surface area (Å²) in [5.74, 6) is 0.357. The molecule has 100 valence electrons. The van der Waals surface area contributed by atoms with Crippen molar-refractivity contribution in [2.24, 2.45) is 16.6 Å². The van der Waals surface area contributed by atoms with Crippen LogP contribution >= 0.6 is 0 Å². The molecule has 0 aromatic heterocycles. The first kappa shape index (κ1) is 13.4. The van der Waals surface area contributed by atoms with E-state index < -0.39 is 0 Å². The first-order valence-electron chi connectivity index (χ1n) is 6.93. The lowest BCUT2D eigenvalue weighted by atomic mass is 9.63. The average molecular weight is 247 g/mol. The highest BCUT2D eigenvalue weighted by Crippen LogP contribution is 2.46. The molecule has 0 amide bonds. The predicted octanol–water partition coefficient (Wildman–Crippen LogP) is 3.48. The topological polar surface area (TPSA) is 46.2 Å². The van der Waals surface area contributed by atoms with Gasteiger partial charge in [0.1, 0.15) is 5.75 Å². The summed E-state index contributed by atoms with van der Waals surface area (Å²) in [6.45, 7) is 5.45. The largest absolute Gasteiger partial charge is 0.508 e. The predicted molar refractivity (Wildman–Crippen MR) is 75.5 cm³/mol. The van der Waals surface area contributed by atoms with Gasteiger partial charge in [-0.3, -0.25) is 0 Å². The molecule has 1 fully saturated rings. The Bertz CT molecular complexity index is 401. The fourth-order valence-electron chi connectivity index (χ4n) is 3.01. The highest BCUT2D eigenvalue weighted by atomic mass is 16.3. The van der Waals surface area contributed by atoms with Gasteiger partial charge >= 0.3 is 0 Å². The van der Waals surface area contributed by atoms with Crippen molar-refractivity contribution in [2.75, 3.05) is 6.54 Å². The highest BCUT2D eigenvalue weighted by molar-refractivity contribution is 5.28. The monoisotopic (exact) mass is 247 g/mol. The Hall–Kier alpha value is -1.02. The van der Waals surface area contributed by atoms with Crippen molar-refractivity contribution < 1.29 is 5.11 Å². The fourth-order valence-corrected chi connectivity index (χ4v) is 3.01. The van der Waals surface area contributed by atoms with E-state index in [0.717, 1.165) is 13.0 Å². The molecule has 0 unspecified atom stereocenters. The fraction of sp³-hybridized carbons (Fsp3) is 0.625. The second kappa shape index (κ2) is 4.93. The van der Waals surface area contributed by atoms with Crippen molar-refractivity contribution in [2.45, 2.75) is 46.0 Å². The molecular formula is C16H25NO. The zero-order valence-corrected chi connectivity index (χ0v) is 11.6. The van der Waals surface area contributed by atoms with Crippen LogP contribution in [0.15, 0.2) is 24.3 Å². The van der Waals surface area contributed by atoms with Crippen molar-refractivity contribution in [3.8, 4) is 5.75 Å². The number of hydrogen-bond acceptors (Lipinski definition) is 2. The second-order valence-electron chi connectivity index (χ2n) is 6.72. The van der Waals surface area contributed by atoms with Gasteiger partial charge in [0.2, 0.25) is 0 Å². The summed E-state index contributed by atoms with van der Waals surface area (Å²) in [7, 11) is 0. The van der Waals surface area contributed by atoms with Crippen LogP contribution in [0.4, 0.5) is 0 Å². The third-order valence-electron chi connectivity index (χ3n) is 4.59. The zero-order valence-electron chi connectivity index (χ0n) is 11.6. The van der Waals surface area contributed by atoms with Gasteiger partial charge in [-0.2, -0.15) is 0 Å². The van der Waals surface area contributed by atoms with E-state index in [9.17, 15) is 5.11 Å². The van der Waals surface area contributed by atoms with Gasteiger partial charge in [-0.25, -0.2) is 0 Å². The lowest BCUT2D eigenvalue weighted by Gasteiger charge is -2.43. The van der Waals surface area contributed by atoms with Gasteiger partial charge in [-0.05, 0) is 67.2 Å². The van der Waals surface area contributed by atoms with Gasteiger partial charge in [0.15, 0.2) is 0 Å². The van der Waals surface area contributed by atoms with Crippen LogP contribution in [0.5, 0.6) is 5.75 Å². The Morgan fingerprint density at radius 1 is 1.17 bits per heavy atom. The molecule has 0 spiro atoms. The quantitative estimate of drug-likeness (QED) is 0.859. The van der Waals surface area contributed by atoms with Gasteiger partial charge in [-0.1, -0.05) is 26.0 Å². The molecule has 18 heavy (non-hydrogen) atoms. The van der Waals surface area contributed by atoms with E-state index in [4.69, 9.17) is 5.73 Å². The molecule has 2 heteroatoms. The molecule has 2 nitrogen and oxygen atoms in total. The third kappa shape index (κ3) is 3.05. The van der Waals surface area contributed by atoms with E-state index in [-0.39, 0.29) is 5.41 Å². The zero-order chi connectivity index (χ0) is 13.2. The summed E-state index contributed by atoms with van der Waals surface area (Å²) in [6.07, 6.45) is 5.90. The van der Waals surface area contributed by atoms with E-state index >= 15 is 0 Å². The molecule has 1 aliphatic carbocycles. The summed E-state index contributed by atoms with van der Waals surface area (Å²) >= 11 is 0. The van der Waals surface area contributed by atoms with Crippen LogP contribution in [0.25, 0.3) is 0 Å². The maximum absolute atomic E-state index is 9.55. The minimum Gasteiger partial charge on any atom is -0.508 e. The van der Waals surface area contributed by atoms with Gasteiger partial charge in [0, 0.05) is 0 Å². The second-order valence-corrected chi connectivity index (χ2v) is 6.72. The summed E-state index contributed by atoms with van der Waals surface area (Å²) in [6, 6.07) is 7.61. The minimum absolute atomic E-state index is 0.239. The van der Waals surface area contributed by atoms with Crippen molar-refractivity contribution in [1.82, 2.24) is 0 Å². The molecule has 0 radical (unpaired) electrons. The van der Waals surface area contributed by atoms with Gasteiger partial charge in [0.05, 0.1) is 0 Å². The van der Waals surface area contributed by atoms with Crippen molar-refractivity contribution in [1.29, 1.82) is 0 Å². The van der Waals surface area contributed by atoms with E-state index in [2.05, 4.69) is 19.9 Å². The molecule has 0 saturated heterocycles. The number of phenols is 1. The first-order valence-corrected chi connectivity index (χ1v) is 6.93. The molecule has 1 aromatic rings. The van der Waals surface area contributed by atoms with Crippen LogP contribution in [0.3, 0.4) is 0 Å². The molecule has 1 aliphatic rings. The third-order valence-corrected chi connectivity index (χ3v) is 4.59. The van der Waals surface area contributed by atoms with Crippen LogP contribution < -0.4 is 5.73 Å². The Morgan fingerprint density at radius 3 is 2.39 bits per heavy atom. The van der Waals surface area contributed by atoms with E-state index in [0.29, 0.717) is 11.2 Å². The number of aromatic hydroxyl groups is 1. The Morgan fingerprint density at radius 2 is 1.83 bits per heavy atom. The maximum Gasteiger partial charge on any atom is 0.115 e. The van der Waals surface area contributed by atoms with E-state index in [1.54, 1.807) is 6.07 Å². The molecule has 0 aliphatic heterocycles. The SMILES string of the molecule is CC1(C)CCC(CN)(Cc2cccc(O)c2)CC1. The molecule has 0 atom stereocenters. The van der Waals surface area contributed by atoms with Crippen LogP contribution in [-0.2, 0) is 6.42 Å². The average Bonchev–Trinajstić information content (AvgIpc) is 2.33. The molecule has 0 heterocycles. The Labute approximate surface area is 110 Å². The minimum atomic E-state index is 0.239. The Kier molecular flexibility index (Phi) is 3.67. The standard InChI is InChI=1S/C16H25NO/c1-15(2)6-8-16(12-17,9-7-15)11-13-4-3-5-14(18)10-13/h3-5,10,18H,6-9,11-12,17H2,1-2H3. The van der Waals surface area contributed by atoms with Crippen LogP contribution in [0.2, 0.25) is 0 Å². The van der Waals surface area contributed by atoms with E-state index in [1.165, 1.54) is 31.2 Å². The van der Waals surface area contributed by atoms with Gasteiger partial charge < -0.3 is 10.8 Å². The molecule has 1 saturated carbocycles. The molecule has 2 rings (SSSR count). The number of phenolic OH excluding ortho intramolecular Hbond substituents is 1. The molecule has 3 N–H and O–H groups in total. The molecular weight excluding hydrogens is 222 g/mol. The molecule has 0 bridgehead atoms. The summed E-state index contributed by atoms with van der Waals surface area (Å²) in [4.78, 5) is 0. The summed E-state index contributed by atoms with van der Waals surface area (Å²) in [5.41, 5.74) is 7.97. The van der Waals surface area contributed by atoms with E-state index in [1.807, 2.05) is 12.1 Å². The highest BCUT2D eigenvalue weighted by Gasteiger charge is 2.37. The summed E-state index contributed by atoms with van der Waals surface area (Å²) < 4.78 is 0.